The van der Waals surface area contributed by atoms with E-state index >= 15 is 0 Å². The zero-order valence-electron chi connectivity index (χ0n) is 7.47. The quantitative estimate of drug-likeness (QED) is 0.856. The van der Waals surface area contributed by atoms with E-state index in [1.807, 2.05) is 0 Å². The third-order valence-electron chi connectivity index (χ3n) is 1.61. The van der Waals surface area contributed by atoms with Crippen LogP contribution in [0.25, 0.3) is 0 Å². The lowest BCUT2D eigenvalue weighted by Crippen LogP contribution is -2.05. The molecule has 1 N–H and O–H groups in total. The maximum Gasteiger partial charge on any atom is 0.356 e. The number of hydrogen-bond acceptors (Lipinski definition) is 3. The van der Waals surface area contributed by atoms with Crippen molar-refractivity contribution in [1.29, 1.82) is 0 Å². The van der Waals surface area contributed by atoms with Crippen LogP contribution >= 0.6 is 23.2 Å². The van der Waals surface area contributed by atoms with E-state index in [2.05, 4.69) is 4.98 Å². The first kappa shape index (κ1) is 11.1. The van der Waals surface area contributed by atoms with Gasteiger partial charge in [0.15, 0.2) is 11.4 Å². The Kier molecular flexibility index (Phi) is 3.18. The zero-order chi connectivity index (χ0) is 10.9. The van der Waals surface area contributed by atoms with Gasteiger partial charge >= 0.3 is 5.97 Å². The number of nitrogens with zero attached hydrogens (tertiary/aromatic N) is 1. The summed E-state index contributed by atoms with van der Waals surface area (Å²) in [4.78, 5) is 14.4. The van der Waals surface area contributed by atoms with Crippen LogP contribution in [0, 0.1) is 6.92 Å². The molecule has 0 unspecified atom stereocenters. The van der Waals surface area contributed by atoms with Gasteiger partial charge in [0.25, 0.3) is 0 Å². The summed E-state index contributed by atoms with van der Waals surface area (Å²) < 4.78 is 4.92. The van der Waals surface area contributed by atoms with Crippen molar-refractivity contribution in [3.8, 4) is 5.75 Å². The highest BCUT2D eigenvalue weighted by atomic mass is 35.5. The molecule has 1 heterocycles. The summed E-state index contributed by atoms with van der Waals surface area (Å²) in [5.41, 5.74) is 0.120. The molecule has 0 radical (unpaired) electrons. The summed E-state index contributed by atoms with van der Waals surface area (Å²) in [6.07, 6.45) is 0. The first-order valence-electron chi connectivity index (χ1n) is 3.62. The molecule has 4 nitrogen and oxygen atoms in total. The number of methoxy groups -OCH3 is 1. The van der Waals surface area contributed by atoms with Crippen LogP contribution in [-0.4, -0.2) is 23.2 Å². The molecule has 1 aromatic heterocycles. The molecule has 0 fully saturated rings. The first-order chi connectivity index (χ1) is 6.49. The summed E-state index contributed by atoms with van der Waals surface area (Å²) in [6.45, 7) is 1.59. The van der Waals surface area contributed by atoms with Crippen LogP contribution in [0.2, 0.25) is 10.0 Å². The van der Waals surface area contributed by atoms with Gasteiger partial charge in [-0.3, -0.25) is 0 Å². The minimum Gasteiger partial charge on any atom is -0.493 e. The summed E-state index contributed by atoms with van der Waals surface area (Å²) >= 11 is 11.5. The van der Waals surface area contributed by atoms with Crippen LogP contribution in [0.1, 0.15) is 16.2 Å². The highest BCUT2D eigenvalue weighted by Gasteiger charge is 2.19. The third-order valence-corrected chi connectivity index (χ3v) is 2.44. The average Bonchev–Trinajstić information content (AvgIpc) is 2.12. The Balaban J connectivity index is 3.47. The van der Waals surface area contributed by atoms with Crippen molar-refractivity contribution in [2.75, 3.05) is 7.11 Å². The maximum atomic E-state index is 10.7. The summed E-state index contributed by atoms with van der Waals surface area (Å²) in [5, 5.41) is 8.69. The second-order valence-electron chi connectivity index (χ2n) is 2.51. The molecule has 6 heteroatoms. The molecule has 0 saturated carbocycles. The minimum atomic E-state index is -1.22. The standard InChI is InChI=1S/C8H7Cl2NO3/c1-3-7(14-2)5(10)4(9)6(11-3)8(12)13/h1-2H3,(H,12,13). The fourth-order valence-corrected chi connectivity index (χ4v) is 1.52. The lowest BCUT2D eigenvalue weighted by atomic mass is 10.3. The second-order valence-corrected chi connectivity index (χ2v) is 3.27. The van der Waals surface area contributed by atoms with Gasteiger partial charge in [-0.25, -0.2) is 9.78 Å². The van der Waals surface area contributed by atoms with Gasteiger partial charge in [-0.2, -0.15) is 0 Å². The Bertz CT molecular complexity index is 393. The van der Waals surface area contributed by atoms with Crippen molar-refractivity contribution in [3.63, 3.8) is 0 Å². The van der Waals surface area contributed by atoms with E-state index in [4.69, 9.17) is 33.0 Å². The summed E-state index contributed by atoms with van der Waals surface area (Å²) in [7, 11) is 1.41. The number of aromatic carboxylic acids is 1. The van der Waals surface area contributed by atoms with Crippen molar-refractivity contribution < 1.29 is 14.6 Å². The summed E-state index contributed by atoms with van der Waals surface area (Å²) in [5.74, 6) is -0.927. The topological polar surface area (TPSA) is 59.4 Å². The Morgan fingerprint density at radius 1 is 1.43 bits per heavy atom. The number of aromatic nitrogens is 1. The molecule has 0 aliphatic rings. The molecule has 1 aromatic rings. The normalized spacial score (nSPS) is 10.0. The number of pyridine rings is 1. The van der Waals surface area contributed by atoms with Crippen LogP contribution in [0.4, 0.5) is 0 Å². The lowest BCUT2D eigenvalue weighted by molar-refractivity contribution is 0.0690. The van der Waals surface area contributed by atoms with E-state index in [1.165, 1.54) is 7.11 Å². The van der Waals surface area contributed by atoms with Crippen LogP contribution in [-0.2, 0) is 0 Å². The molecule has 1 rings (SSSR count). The molecular weight excluding hydrogens is 229 g/mol. The molecular formula is C8H7Cl2NO3. The molecule has 0 aliphatic heterocycles. The van der Waals surface area contributed by atoms with E-state index in [9.17, 15) is 4.79 Å². The van der Waals surface area contributed by atoms with E-state index in [0.717, 1.165) is 0 Å². The monoisotopic (exact) mass is 235 g/mol. The number of rotatable bonds is 2. The largest absolute Gasteiger partial charge is 0.493 e. The van der Waals surface area contributed by atoms with E-state index in [0.29, 0.717) is 11.4 Å². The Morgan fingerprint density at radius 3 is 2.43 bits per heavy atom. The molecule has 0 saturated heterocycles. The van der Waals surface area contributed by atoms with E-state index in [-0.39, 0.29) is 15.7 Å². The third kappa shape index (κ3) is 1.76. The van der Waals surface area contributed by atoms with Crippen molar-refractivity contribution >= 4 is 29.2 Å². The molecule has 76 valence electrons. The first-order valence-corrected chi connectivity index (χ1v) is 4.37. The average molecular weight is 236 g/mol. The molecule has 0 atom stereocenters. The highest BCUT2D eigenvalue weighted by Crippen LogP contribution is 2.35. The number of aryl methyl sites for hydroxylation is 1. The van der Waals surface area contributed by atoms with Crippen LogP contribution in [0.3, 0.4) is 0 Å². The van der Waals surface area contributed by atoms with Gasteiger partial charge in [0, 0.05) is 0 Å². The van der Waals surface area contributed by atoms with Gasteiger partial charge in [-0.1, -0.05) is 23.2 Å². The van der Waals surface area contributed by atoms with Crippen molar-refractivity contribution in [2.45, 2.75) is 6.92 Å². The van der Waals surface area contributed by atoms with Gasteiger partial charge in [-0.15, -0.1) is 0 Å². The predicted octanol–water partition coefficient (Wildman–Crippen LogP) is 2.40. The molecule has 0 bridgehead atoms. The number of carboxylic acids is 1. The number of carbonyl (C=O) groups is 1. The lowest BCUT2D eigenvalue weighted by Gasteiger charge is -2.09. The number of carboxylic acid groups (broad SMARTS) is 1. The Labute approximate surface area is 90.4 Å². The molecule has 0 amide bonds. The van der Waals surface area contributed by atoms with Crippen molar-refractivity contribution in [1.82, 2.24) is 4.98 Å². The van der Waals surface area contributed by atoms with Crippen molar-refractivity contribution in [2.24, 2.45) is 0 Å². The molecule has 14 heavy (non-hydrogen) atoms. The second kappa shape index (κ2) is 4.02. The number of hydrogen-bond donors (Lipinski definition) is 1. The minimum absolute atomic E-state index is 0.0686. The SMILES string of the molecule is COc1c(C)nc(C(=O)O)c(Cl)c1Cl. The van der Waals surface area contributed by atoms with Gasteiger partial charge in [-0.05, 0) is 6.92 Å². The predicted molar refractivity (Wildman–Crippen MR) is 52.5 cm³/mol. The van der Waals surface area contributed by atoms with E-state index in [1.54, 1.807) is 6.92 Å². The Hall–Kier alpha value is -1.00. The van der Waals surface area contributed by atoms with Gasteiger partial charge in [0.1, 0.15) is 5.02 Å². The number of ether oxygens (including phenoxy) is 1. The van der Waals surface area contributed by atoms with E-state index < -0.39 is 5.97 Å². The molecule has 0 spiro atoms. The fourth-order valence-electron chi connectivity index (χ4n) is 1.01. The molecule has 0 aliphatic carbocycles. The maximum absolute atomic E-state index is 10.7. The highest BCUT2D eigenvalue weighted by molar-refractivity contribution is 6.44. The Morgan fingerprint density at radius 2 is 2.00 bits per heavy atom. The van der Waals surface area contributed by atoms with Gasteiger partial charge in [0.2, 0.25) is 0 Å². The van der Waals surface area contributed by atoms with Crippen molar-refractivity contribution in [3.05, 3.63) is 21.4 Å². The summed E-state index contributed by atoms with van der Waals surface area (Å²) in [6, 6.07) is 0. The van der Waals surface area contributed by atoms with Gasteiger partial charge < -0.3 is 9.84 Å². The van der Waals surface area contributed by atoms with Crippen LogP contribution in [0.5, 0.6) is 5.75 Å². The fraction of sp³-hybridized carbons (Fsp3) is 0.250. The van der Waals surface area contributed by atoms with Gasteiger partial charge in [0.05, 0.1) is 17.8 Å². The smallest absolute Gasteiger partial charge is 0.356 e. The van der Waals surface area contributed by atoms with Crippen LogP contribution in [0.15, 0.2) is 0 Å². The molecule has 0 aromatic carbocycles. The van der Waals surface area contributed by atoms with Crippen LogP contribution < -0.4 is 4.74 Å². The number of halogens is 2. The zero-order valence-corrected chi connectivity index (χ0v) is 8.98.